The lowest BCUT2D eigenvalue weighted by atomic mass is 9.68. The molecule has 0 radical (unpaired) electrons. The maximum Gasteiger partial charge on any atom is 0.238 e. The van der Waals surface area contributed by atoms with Gasteiger partial charge in [0.1, 0.15) is 11.8 Å². The molecule has 2 aromatic carbocycles. The molecule has 1 atom stereocenters. The maximum atomic E-state index is 13.0. The maximum absolute atomic E-state index is 13.0. The van der Waals surface area contributed by atoms with Gasteiger partial charge in [-0.25, -0.2) is 18.1 Å². The van der Waals surface area contributed by atoms with Crippen LogP contribution in [0.5, 0.6) is 0 Å². The smallest absolute Gasteiger partial charge is 0.238 e. The molecule has 3 aromatic rings. The average Bonchev–Trinajstić information content (AvgIpc) is 3.53. The number of ketones is 1. The number of carbonyl (C=O) groups excluding carboxylic acids is 3. The number of hydrogen-bond acceptors (Lipinski definition) is 6. The quantitative estimate of drug-likeness (QED) is 0.282. The third-order valence-corrected chi connectivity index (χ3v) is 8.67. The van der Waals surface area contributed by atoms with Crippen molar-refractivity contribution in [1.82, 2.24) is 24.9 Å². The van der Waals surface area contributed by atoms with Gasteiger partial charge in [0, 0.05) is 51.3 Å². The molecule has 44 heavy (non-hydrogen) atoms. The number of benzene rings is 2. The first kappa shape index (κ1) is 34.7. The van der Waals surface area contributed by atoms with Gasteiger partial charge in [-0.15, -0.1) is 0 Å². The summed E-state index contributed by atoms with van der Waals surface area (Å²) in [5.74, 6) is 0.137. The zero-order chi connectivity index (χ0) is 32.2. The Hall–Kier alpha value is -3.83. The summed E-state index contributed by atoms with van der Waals surface area (Å²) in [6.45, 7) is 5.45. The highest BCUT2D eigenvalue weighted by Gasteiger charge is 2.42. The molecular formula is C33H45N5O5S. The minimum absolute atomic E-state index is 0.199. The second kappa shape index (κ2) is 16.3. The lowest BCUT2D eigenvalue weighted by molar-refractivity contribution is -0.136. The Bertz CT molecular complexity index is 1450. The van der Waals surface area contributed by atoms with Crippen LogP contribution in [0.4, 0.5) is 0 Å². The van der Waals surface area contributed by atoms with Crippen LogP contribution in [0.2, 0.25) is 0 Å². The first-order valence-electron chi connectivity index (χ1n) is 15.1. The number of aromatic amines is 1. The summed E-state index contributed by atoms with van der Waals surface area (Å²) in [6.07, 6.45) is 8.48. The Labute approximate surface area is 261 Å². The van der Waals surface area contributed by atoms with E-state index >= 15 is 0 Å². The van der Waals surface area contributed by atoms with Gasteiger partial charge in [-0.2, -0.15) is 0 Å². The van der Waals surface area contributed by atoms with E-state index in [4.69, 9.17) is 0 Å². The van der Waals surface area contributed by atoms with Crippen molar-refractivity contribution in [2.24, 2.45) is 0 Å². The van der Waals surface area contributed by atoms with Crippen molar-refractivity contribution in [1.29, 1.82) is 0 Å². The SMILES string of the molecule is CCCC(=O)C1(c2ccccc2)CCN(C(=O)CCc2ccc(C)cc2)CC1.CNC(=O)[C@H](Cc1cnc[nH]1)NS(C)(=O)=O. The van der Waals surface area contributed by atoms with E-state index in [0.717, 1.165) is 37.5 Å². The van der Waals surface area contributed by atoms with Crippen molar-refractivity contribution in [3.05, 3.63) is 89.5 Å². The van der Waals surface area contributed by atoms with Gasteiger partial charge >= 0.3 is 0 Å². The molecule has 0 bridgehead atoms. The van der Waals surface area contributed by atoms with E-state index in [1.807, 2.05) is 23.1 Å². The van der Waals surface area contributed by atoms with Crippen LogP contribution in [0.25, 0.3) is 0 Å². The number of nitrogens with one attached hydrogen (secondary N) is 3. The van der Waals surface area contributed by atoms with Gasteiger partial charge in [0.05, 0.1) is 18.0 Å². The van der Waals surface area contributed by atoms with E-state index in [-0.39, 0.29) is 18.2 Å². The molecule has 0 unspecified atom stereocenters. The number of sulfonamides is 1. The number of aromatic nitrogens is 2. The summed E-state index contributed by atoms with van der Waals surface area (Å²) in [7, 11) is -1.98. The highest BCUT2D eigenvalue weighted by atomic mass is 32.2. The molecule has 2 amide bonds. The van der Waals surface area contributed by atoms with E-state index in [9.17, 15) is 22.8 Å². The van der Waals surface area contributed by atoms with Crippen LogP contribution < -0.4 is 10.0 Å². The standard InChI is InChI=1S/C25H31NO2.C8H14N4O3S/c1-3-7-23(27)25(22-8-5-4-6-9-22)16-18-26(19-17-25)24(28)15-14-21-12-10-20(2)11-13-21;1-9-8(13)7(12-16(2,14)15)3-6-4-10-5-11-6/h4-6,8-13H,3,7,14-19H2,1-2H3;4-5,7,12H,3H2,1-2H3,(H,9,13)(H,10,11)/t;7-/m.0/s1. The Morgan fingerprint density at radius 3 is 2.23 bits per heavy atom. The molecule has 1 aliphatic heterocycles. The predicted octanol–water partition coefficient (Wildman–Crippen LogP) is 3.47. The minimum Gasteiger partial charge on any atom is -0.358 e. The Morgan fingerprint density at radius 2 is 1.68 bits per heavy atom. The number of imidazole rings is 1. The van der Waals surface area contributed by atoms with Crippen molar-refractivity contribution in [2.75, 3.05) is 26.4 Å². The Kier molecular flexibility index (Phi) is 12.8. The molecule has 2 heterocycles. The fourth-order valence-corrected chi connectivity index (χ4v) is 6.20. The first-order valence-corrected chi connectivity index (χ1v) is 16.9. The number of nitrogens with zero attached hydrogens (tertiary/aromatic N) is 2. The topological polar surface area (TPSA) is 141 Å². The lowest BCUT2D eigenvalue weighted by Gasteiger charge is -2.41. The summed E-state index contributed by atoms with van der Waals surface area (Å²) in [5, 5.41) is 2.40. The number of rotatable bonds is 12. The van der Waals surface area contributed by atoms with E-state index < -0.39 is 21.5 Å². The van der Waals surface area contributed by atoms with E-state index in [1.165, 1.54) is 24.5 Å². The summed E-state index contributed by atoms with van der Waals surface area (Å²) in [5.41, 5.74) is 3.81. The molecule has 238 valence electrons. The number of amides is 2. The summed E-state index contributed by atoms with van der Waals surface area (Å²) >= 11 is 0. The van der Waals surface area contributed by atoms with Gasteiger partial charge in [0.15, 0.2) is 0 Å². The van der Waals surface area contributed by atoms with Gasteiger partial charge in [-0.3, -0.25) is 14.4 Å². The molecule has 0 spiro atoms. The normalized spacial score (nSPS) is 15.0. The number of hydrogen-bond donors (Lipinski definition) is 3. The monoisotopic (exact) mass is 623 g/mol. The van der Waals surface area contributed by atoms with Gasteiger partial charge < -0.3 is 15.2 Å². The molecule has 0 aliphatic carbocycles. The molecule has 4 rings (SSSR count). The zero-order valence-corrected chi connectivity index (χ0v) is 27.0. The first-order chi connectivity index (χ1) is 21.0. The molecule has 1 fully saturated rings. The summed E-state index contributed by atoms with van der Waals surface area (Å²) in [4.78, 5) is 45.7. The second-order valence-corrected chi connectivity index (χ2v) is 13.1. The minimum atomic E-state index is -3.43. The summed E-state index contributed by atoms with van der Waals surface area (Å²) < 4.78 is 24.4. The number of piperidine rings is 1. The van der Waals surface area contributed by atoms with E-state index in [2.05, 4.69) is 70.3 Å². The van der Waals surface area contributed by atoms with Gasteiger partial charge in [-0.1, -0.05) is 67.1 Å². The third-order valence-electron chi connectivity index (χ3n) is 7.95. The molecule has 1 saturated heterocycles. The highest BCUT2D eigenvalue weighted by molar-refractivity contribution is 7.88. The second-order valence-electron chi connectivity index (χ2n) is 11.3. The number of likely N-dealkylation sites (N-methyl/N-ethyl adjacent to an activating group) is 1. The number of aryl methyl sites for hydroxylation is 2. The molecule has 0 saturated carbocycles. The fourth-order valence-electron chi connectivity index (χ4n) is 5.49. The molecule has 11 heteroatoms. The van der Waals surface area contributed by atoms with Gasteiger partial charge in [0.2, 0.25) is 21.8 Å². The van der Waals surface area contributed by atoms with Crippen LogP contribution >= 0.6 is 0 Å². The van der Waals surface area contributed by atoms with Crippen LogP contribution in [0.15, 0.2) is 67.1 Å². The Morgan fingerprint density at radius 1 is 1.02 bits per heavy atom. The van der Waals surface area contributed by atoms with Crippen LogP contribution in [0.3, 0.4) is 0 Å². The van der Waals surface area contributed by atoms with Gasteiger partial charge in [0.25, 0.3) is 0 Å². The zero-order valence-electron chi connectivity index (χ0n) is 26.1. The number of H-pyrrole nitrogens is 1. The highest BCUT2D eigenvalue weighted by Crippen LogP contribution is 2.38. The van der Waals surface area contributed by atoms with Gasteiger partial charge in [-0.05, 0) is 43.7 Å². The van der Waals surface area contributed by atoms with Crippen LogP contribution in [-0.4, -0.2) is 73.3 Å². The predicted molar refractivity (Wildman–Crippen MR) is 171 cm³/mol. The third kappa shape index (κ3) is 10.1. The average molecular weight is 624 g/mol. The molecule has 10 nitrogen and oxygen atoms in total. The Balaban J connectivity index is 0.000000281. The summed E-state index contributed by atoms with van der Waals surface area (Å²) in [6, 6.07) is 17.7. The lowest BCUT2D eigenvalue weighted by Crippen LogP contribution is -2.49. The number of Topliss-reactive ketones (excluding diaryl/α,β-unsaturated/α-hetero) is 1. The van der Waals surface area contributed by atoms with E-state index in [1.54, 1.807) is 6.20 Å². The molecule has 1 aromatic heterocycles. The van der Waals surface area contributed by atoms with Crippen LogP contribution in [-0.2, 0) is 42.7 Å². The molecular weight excluding hydrogens is 578 g/mol. The largest absolute Gasteiger partial charge is 0.358 e. The number of carbonyl (C=O) groups is 3. The molecule has 1 aliphatic rings. The van der Waals surface area contributed by atoms with Crippen molar-refractivity contribution in [3.8, 4) is 0 Å². The van der Waals surface area contributed by atoms with Crippen molar-refractivity contribution < 1.29 is 22.8 Å². The van der Waals surface area contributed by atoms with Crippen molar-refractivity contribution in [3.63, 3.8) is 0 Å². The number of likely N-dealkylation sites (tertiary alicyclic amines) is 1. The van der Waals surface area contributed by atoms with Crippen molar-refractivity contribution in [2.45, 2.75) is 70.3 Å². The fraction of sp³-hybridized carbons (Fsp3) is 0.455. The van der Waals surface area contributed by atoms with Crippen LogP contribution in [0, 0.1) is 6.92 Å². The van der Waals surface area contributed by atoms with Crippen molar-refractivity contribution >= 4 is 27.6 Å². The van der Waals surface area contributed by atoms with Crippen LogP contribution in [0.1, 0.15) is 61.4 Å². The molecule has 3 N–H and O–H groups in total. The van der Waals surface area contributed by atoms with E-state index in [0.29, 0.717) is 37.4 Å².